The molecule has 0 unspecified atom stereocenters. The lowest BCUT2D eigenvalue weighted by molar-refractivity contribution is 0.0601. The Balaban J connectivity index is 1.86. The number of anilines is 1. The largest absolute Gasteiger partial charge is 0.465 e. The zero-order chi connectivity index (χ0) is 15.9. The van der Waals surface area contributed by atoms with Gasteiger partial charge in [0.05, 0.1) is 19.3 Å². The van der Waals surface area contributed by atoms with Crippen LogP contribution in [0.15, 0.2) is 24.3 Å². The average molecular weight is 323 g/mol. The van der Waals surface area contributed by atoms with Crippen molar-refractivity contribution < 1.29 is 14.6 Å². The number of aliphatic hydroxyl groups excluding tert-OH is 1. The van der Waals surface area contributed by atoms with Crippen LogP contribution >= 0.6 is 12.2 Å². The number of ether oxygens (including phenoxy) is 1. The van der Waals surface area contributed by atoms with Crippen LogP contribution in [0, 0.1) is 0 Å². The Kier molecular flexibility index (Phi) is 6.11. The highest BCUT2D eigenvalue weighted by molar-refractivity contribution is 7.80. The fraction of sp³-hybridized carbons (Fsp3) is 0.467. The number of benzene rings is 1. The third-order valence-corrected chi connectivity index (χ3v) is 3.99. The fourth-order valence-electron chi connectivity index (χ4n) is 2.33. The molecule has 1 fully saturated rings. The number of carbonyl (C=O) groups excluding carboxylic acids is 1. The lowest BCUT2D eigenvalue weighted by Gasteiger charge is -2.35. The Morgan fingerprint density at radius 2 is 1.91 bits per heavy atom. The van der Waals surface area contributed by atoms with E-state index in [2.05, 4.69) is 19.9 Å². The molecule has 0 atom stereocenters. The van der Waals surface area contributed by atoms with Crippen molar-refractivity contribution in [1.82, 2.24) is 9.80 Å². The molecular formula is C15H21N3O3S. The summed E-state index contributed by atoms with van der Waals surface area (Å²) in [5.74, 6) is -0.353. The van der Waals surface area contributed by atoms with Crippen LogP contribution in [0.3, 0.4) is 0 Å². The predicted octanol–water partition coefficient (Wildman–Crippen LogP) is 0.780. The smallest absolute Gasteiger partial charge is 0.337 e. The number of rotatable bonds is 4. The molecule has 1 saturated heterocycles. The monoisotopic (exact) mass is 323 g/mol. The highest BCUT2D eigenvalue weighted by Crippen LogP contribution is 2.12. The van der Waals surface area contributed by atoms with E-state index >= 15 is 0 Å². The van der Waals surface area contributed by atoms with Crippen LogP contribution in [0.5, 0.6) is 0 Å². The van der Waals surface area contributed by atoms with Gasteiger partial charge in [0.15, 0.2) is 5.11 Å². The minimum absolute atomic E-state index is 0.190. The van der Waals surface area contributed by atoms with Crippen molar-refractivity contribution >= 4 is 29.0 Å². The van der Waals surface area contributed by atoms with Crippen LogP contribution in [-0.4, -0.2) is 72.4 Å². The van der Waals surface area contributed by atoms with Crippen molar-refractivity contribution in [3.8, 4) is 0 Å². The predicted molar refractivity (Wildman–Crippen MR) is 89.1 cm³/mol. The molecule has 120 valence electrons. The lowest BCUT2D eigenvalue weighted by Crippen LogP contribution is -2.50. The SMILES string of the molecule is COC(=O)c1ccc(NC(=S)N2CCN(CCO)CC2)cc1. The molecular weight excluding hydrogens is 302 g/mol. The van der Waals surface area contributed by atoms with Crippen molar-refractivity contribution in [2.75, 3.05) is 51.8 Å². The van der Waals surface area contributed by atoms with Gasteiger partial charge in [0, 0.05) is 38.4 Å². The van der Waals surface area contributed by atoms with Crippen LogP contribution in [0.2, 0.25) is 0 Å². The van der Waals surface area contributed by atoms with Gasteiger partial charge in [-0.3, -0.25) is 4.90 Å². The van der Waals surface area contributed by atoms with E-state index in [0.29, 0.717) is 17.2 Å². The molecule has 2 rings (SSSR count). The molecule has 0 radical (unpaired) electrons. The summed E-state index contributed by atoms with van der Waals surface area (Å²) in [6.07, 6.45) is 0. The molecule has 1 heterocycles. The minimum atomic E-state index is -0.353. The van der Waals surface area contributed by atoms with Gasteiger partial charge in [0.25, 0.3) is 0 Å². The summed E-state index contributed by atoms with van der Waals surface area (Å²) in [6.45, 7) is 4.36. The van der Waals surface area contributed by atoms with Crippen LogP contribution in [0.25, 0.3) is 0 Å². The zero-order valence-electron chi connectivity index (χ0n) is 12.6. The number of aliphatic hydroxyl groups is 1. The van der Waals surface area contributed by atoms with Gasteiger partial charge >= 0.3 is 5.97 Å². The van der Waals surface area contributed by atoms with Crippen LogP contribution in [0.1, 0.15) is 10.4 Å². The normalized spacial score (nSPS) is 15.5. The summed E-state index contributed by atoms with van der Waals surface area (Å²) in [5, 5.41) is 12.8. The molecule has 2 N–H and O–H groups in total. The van der Waals surface area contributed by atoms with E-state index in [1.807, 2.05) is 0 Å². The topological polar surface area (TPSA) is 65.0 Å². The Morgan fingerprint density at radius 3 is 2.45 bits per heavy atom. The number of carbonyl (C=O) groups is 1. The van der Waals surface area contributed by atoms with E-state index < -0.39 is 0 Å². The number of methoxy groups -OCH3 is 1. The molecule has 1 aromatic rings. The van der Waals surface area contributed by atoms with Crippen molar-refractivity contribution in [3.05, 3.63) is 29.8 Å². The number of nitrogens with zero attached hydrogens (tertiary/aromatic N) is 2. The number of thiocarbonyl (C=S) groups is 1. The summed E-state index contributed by atoms with van der Waals surface area (Å²) in [4.78, 5) is 15.7. The quantitative estimate of drug-likeness (QED) is 0.627. The molecule has 22 heavy (non-hydrogen) atoms. The van der Waals surface area contributed by atoms with Gasteiger partial charge in [-0.1, -0.05) is 0 Å². The van der Waals surface area contributed by atoms with Gasteiger partial charge in [-0.25, -0.2) is 4.79 Å². The number of nitrogens with one attached hydrogen (secondary N) is 1. The zero-order valence-corrected chi connectivity index (χ0v) is 13.4. The Bertz CT molecular complexity index is 513. The van der Waals surface area contributed by atoms with Crippen molar-refractivity contribution in [2.24, 2.45) is 0 Å². The first kappa shape index (κ1) is 16.7. The molecule has 0 amide bonds. The first-order chi connectivity index (χ1) is 10.6. The Hall–Kier alpha value is -1.70. The van der Waals surface area contributed by atoms with E-state index in [1.54, 1.807) is 24.3 Å². The number of esters is 1. The first-order valence-corrected chi connectivity index (χ1v) is 7.62. The van der Waals surface area contributed by atoms with Crippen LogP contribution in [-0.2, 0) is 4.74 Å². The van der Waals surface area contributed by atoms with Gasteiger partial charge in [0.2, 0.25) is 0 Å². The van der Waals surface area contributed by atoms with Crippen molar-refractivity contribution in [3.63, 3.8) is 0 Å². The van der Waals surface area contributed by atoms with E-state index in [1.165, 1.54) is 7.11 Å². The summed E-state index contributed by atoms with van der Waals surface area (Å²) >= 11 is 5.42. The molecule has 1 aliphatic heterocycles. The molecule has 0 spiro atoms. The number of hydrogen-bond donors (Lipinski definition) is 2. The van der Waals surface area contributed by atoms with Gasteiger partial charge in [-0.2, -0.15) is 0 Å². The lowest BCUT2D eigenvalue weighted by atomic mass is 10.2. The molecule has 7 heteroatoms. The summed E-state index contributed by atoms with van der Waals surface area (Å²) in [7, 11) is 1.36. The maximum Gasteiger partial charge on any atom is 0.337 e. The van der Waals surface area contributed by atoms with Gasteiger partial charge < -0.3 is 20.1 Å². The molecule has 0 bridgehead atoms. The summed E-state index contributed by atoms with van der Waals surface area (Å²) in [6, 6.07) is 7.02. The standard InChI is InChI=1S/C15H21N3O3S/c1-21-14(20)12-2-4-13(5-3-12)16-15(22)18-8-6-17(7-9-18)10-11-19/h2-5,19H,6-11H2,1H3,(H,16,22). The van der Waals surface area contributed by atoms with Crippen LogP contribution in [0.4, 0.5) is 5.69 Å². The fourth-order valence-corrected chi connectivity index (χ4v) is 2.63. The van der Waals surface area contributed by atoms with E-state index in [4.69, 9.17) is 17.3 Å². The second-order valence-electron chi connectivity index (χ2n) is 5.05. The molecule has 1 aromatic carbocycles. The average Bonchev–Trinajstić information content (AvgIpc) is 2.55. The third kappa shape index (κ3) is 4.40. The van der Waals surface area contributed by atoms with E-state index in [0.717, 1.165) is 31.9 Å². The highest BCUT2D eigenvalue weighted by Gasteiger charge is 2.18. The van der Waals surface area contributed by atoms with Gasteiger partial charge in [0.1, 0.15) is 0 Å². The maximum atomic E-state index is 11.4. The molecule has 0 aromatic heterocycles. The summed E-state index contributed by atoms with van der Waals surface area (Å²) in [5.41, 5.74) is 1.35. The van der Waals surface area contributed by atoms with Crippen LogP contribution < -0.4 is 5.32 Å². The van der Waals surface area contributed by atoms with Gasteiger partial charge in [-0.05, 0) is 36.5 Å². The molecule has 1 aliphatic rings. The van der Waals surface area contributed by atoms with Crippen molar-refractivity contribution in [1.29, 1.82) is 0 Å². The number of hydrogen-bond acceptors (Lipinski definition) is 5. The summed E-state index contributed by atoms with van der Waals surface area (Å²) < 4.78 is 4.67. The maximum absolute atomic E-state index is 11.4. The molecule has 0 aliphatic carbocycles. The number of β-amino-alcohol motifs (C(OH)–C–C–N with tert-alkyl or cyclic N) is 1. The van der Waals surface area contributed by atoms with E-state index in [9.17, 15) is 4.79 Å². The third-order valence-electron chi connectivity index (χ3n) is 3.63. The minimum Gasteiger partial charge on any atom is -0.465 e. The first-order valence-electron chi connectivity index (χ1n) is 7.21. The Labute approximate surface area is 135 Å². The molecule has 6 nitrogen and oxygen atoms in total. The van der Waals surface area contributed by atoms with Crippen molar-refractivity contribution in [2.45, 2.75) is 0 Å². The molecule has 0 saturated carbocycles. The Morgan fingerprint density at radius 1 is 1.27 bits per heavy atom. The van der Waals surface area contributed by atoms with Gasteiger partial charge in [-0.15, -0.1) is 0 Å². The second kappa shape index (κ2) is 8.07. The number of piperazine rings is 1. The highest BCUT2D eigenvalue weighted by atomic mass is 32.1. The van der Waals surface area contributed by atoms with E-state index in [-0.39, 0.29) is 12.6 Å². The second-order valence-corrected chi connectivity index (χ2v) is 5.44.